The highest BCUT2D eigenvalue weighted by molar-refractivity contribution is 8.38. The van der Waals surface area contributed by atoms with Crippen LogP contribution in [0.3, 0.4) is 0 Å². The number of aliphatic hydroxyl groups is 2. The van der Waals surface area contributed by atoms with E-state index in [0.29, 0.717) is 5.92 Å². The Kier molecular flexibility index (Phi) is 6.00. The van der Waals surface area contributed by atoms with Crippen LogP contribution in [-0.4, -0.2) is 37.9 Å². The molecule has 0 radical (unpaired) electrons. The van der Waals surface area contributed by atoms with Crippen LogP contribution < -0.4 is 0 Å². The van der Waals surface area contributed by atoms with Gasteiger partial charge in [-0.1, -0.05) is 68.4 Å². The average molecular weight is 411 g/mol. The predicted octanol–water partition coefficient (Wildman–Crippen LogP) is 5.42. The summed E-state index contributed by atoms with van der Waals surface area (Å²) in [7, 11) is 0. The summed E-state index contributed by atoms with van der Waals surface area (Å²) in [5.41, 5.74) is 3.43. The number of carbonyl (C=O) groups is 1. The number of aliphatic hydroxyl groups excluding tert-OH is 2. The van der Waals surface area contributed by atoms with E-state index in [2.05, 4.69) is 40.7 Å². The van der Waals surface area contributed by atoms with E-state index in [-0.39, 0.29) is 26.4 Å². The predicted molar refractivity (Wildman–Crippen MR) is 116 cm³/mol. The monoisotopic (exact) mass is 410 g/mol. The second-order valence-electron chi connectivity index (χ2n) is 9.34. The molecule has 0 aromatic heterocycles. The van der Waals surface area contributed by atoms with Crippen LogP contribution in [0, 0.1) is 23.2 Å². The maximum atomic E-state index is 12.2. The summed E-state index contributed by atoms with van der Waals surface area (Å²) in [6.45, 7) is 10.8. The van der Waals surface area contributed by atoms with Gasteiger partial charge >= 0.3 is 0 Å². The van der Waals surface area contributed by atoms with Gasteiger partial charge in [-0.25, -0.2) is 0 Å². The van der Waals surface area contributed by atoms with Gasteiger partial charge in [-0.2, -0.15) is 0 Å². The van der Waals surface area contributed by atoms with Crippen molar-refractivity contribution in [3.05, 3.63) is 22.8 Å². The molecule has 3 aliphatic carbocycles. The van der Waals surface area contributed by atoms with Crippen LogP contribution in [0.15, 0.2) is 22.8 Å². The van der Waals surface area contributed by atoms with Crippen LogP contribution in [0.1, 0.15) is 60.3 Å². The topological polar surface area (TPSA) is 57.5 Å². The Morgan fingerprint density at radius 3 is 2.52 bits per heavy atom. The molecule has 0 heterocycles. The third kappa shape index (κ3) is 3.58. The van der Waals surface area contributed by atoms with Crippen molar-refractivity contribution < 1.29 is 15.0 Å². The van der Waals surface area contributed by atoms with E-state index in [4.69, 9.17) is 0 Å². The van der Waals surface area contributed by atoms with Crippen LogP contribution in [0.5, 0.6) is 0 Å². The number of rotatable bonds is 2. The molecule has 1 saturated carbocycles. The molecule has 0 bridgehead atoms. The molecule has 6 atom stereocenters. The standard InChI is InChI=1S/C22H34O3S2/c1-12(2)14-7-9-21(4)11-16-15(13(3)18(23)19(24)17(14)21)8-10-22(16,5)27-20(25)26-6/h11-13,15,18-19,23-24H,7-10H2,1-6H3/b16-11+/t13-,15+,18-,19-,21-,22-/m1/s1. The maximum Gasteiger partial charge on any atom is 0.246 e. The molecule has 3 aliphatic rings. The van der Waals surface area contributed by atoms with Crippen LogP contribution >= 0.6 is 23.5 Å². The Hall–Kier alpha value is -0.230. The highest BCUT2D eigenvalue weighted by atomic mass is 32.2. The summed E-state index contributed by atoms with van der Waals surface area (Å²) in [4.78, 5) is 12.2. The lowest BCUT2D eigenvalue weighted by atomic mass is 9.69. The summed E-state index contributed by atoms with van der Waals surface area (Å²) in [6, 6.07) is 0. The molecule has 0 aliphatic heterocycles. The molecule has 2 N–H and O–H groups in total. The number of carbonyl (C=O) groups excluding carboxylic acids is 1. The van der Waals surface area contributed by atoms with Gasteiger partial charge in [0.1, 0.15) is 6.10 Å². The molecule has 0 unspecified atom stereocenters. The van der Waals surface area contributed by atoms with Crippen molar-refractivity contribution in [1.82, 2.24) is 0 Å². The van der Waals surface area contributed by atoms with Gasteiger partial charge < -0.3 is 10.2 Å². The summed E-state index contributed by atoms with van der Waals surface area (Å²) in [6.07, 6.45) is 6.54. The van der Waals surface area contributed by atoms with E-state index in [1.165, 1.54) is 34.7 Å². The van der Waals surface area contributed by atoms with Gasteiger partial charge in [0.25, 0.3) is 0 Å². The van der Waals surface area contributed by atoms with E-state index in [0.717, 1.165) is 31.3 Å². The SMILES string of the molecule is CSC(=O)S[C@]1(C)CC[C@@H]2/C1=C\[C@@]1(C)CCC(C(C)C)=C1[C@@H](O)[C@H](O)[C@@H]2C. The van der Waals surface area contributed by atoms with Crippen molar-refractivity contribution in [3.8, 4) is 0 Å². The van der Waals surface area contributed by atoms with Crippen molar-refractivity contribution in [2.24, 2.45) is 23.2 Å². The first-order valence-electron chi connectivity index (χ1n) is 10.1. The number of hydrogen-bond acceptors (Lipinski definition) is 5. The fourth-order valence-electron chi connectivity index (χ4n) is 5.61. The minimum atomic E-state index is -0.796. The van der Waals surface area contributed by atoms with Crippen molar-refractivity contribution in [2.75, 3.05) is 6.26 Å². The molecule has 0 spiro atoms. The minimum absolute atomic E-state index is 0.0240. The number of allylic oxidation sites excluding steroid dienone is 2. The average Bonchev–Trinajstić information content (AvgIpc) is 3.10. The Morgan fingerprint density at radius 2 is 1.93 bits per heavy atom. The highest BCUT2D eigenvalue weighted by Crippen LogP contribution is 2.58. The first-order chi connectivity index (χ1) is 12.5. The molecule has 3 nitrogen and oxygen atoms in total. The van der Waals surface area contributed by atoms with Gasteiger partial charge in [0.15, 0.2) is 0 Å². The molecule has 1 fully saturated rings. The van der Waals surface area contributed by atoms with Gasteiger partial charge in [0.2, 0.25) is 4.45 Å². The zero-order valence-corrected chi connectivity index (χ0v) is 19.0. The van der Waals surface area contributed by atoms with Gasteiger partial charge in [0, 0.05) is 10.2 Å². The molecule has 0 aromatic rings. The van der Waals surface area contributed by atoms with E-state index >= 15 is 0 Å². The molecule has 0 saturated heterocycles. The van der Waals surface area contributed by atoms with Crippen LogP contribution in [-0.2, 0) is 0 Å². The molecule has 0 aromatic carbocycles. The van der Waals surface area contributed by atoms with E-state index in [9.17, 15) is 15.0 Å². The second-order valence-corrected chi connectivity index (χ2v) is 11.9. The summed E-state index contributed by atoms with van der Waals surface area (Å²) in [5.74, 6) is 0.572. The minimum Gasteiger partial charge on any atom is -0.390 e. The van der Waals surface area contributed by atoms with Crippen LogP contribution in [0.2, 0.25) is 0 Å². The first-order valence-corrected chi connectivity index (χ1v) is 12.2. The largest absolute Gasteiger partial charge is 0.390 e. The lowest BCUT2D eigenvalue weighted by molar-refractivity contribution is -0.0144. The number of fused-ring (bicyclic) bond motifs is 2. The first kappa shape index (κ1) is 21.5. The van der Waals surface area contributed by atoms with E-state index < -0.39 is 12.2 Å². The third-order valence-electron chi connectivity index (χ3n) is 7.26. The molecule has 5 heteroatoms. The van der Waals surface area contributed by atoms with Gasteiger partial charge in [-0.15, -0.1) is 0 Å². The molecular weight excluding hydrogens is 376 g/mol. The summed E-state index contributed by atoms with van der Waals surface area (Å²) < 4.78 is -0.0556. The third-order valence-corrected chi connectivity index (χ3v) is 9.40. The molecule has 152 valence electrons. The van der Waals surface area contributed by atoms with Gasteiger partial charge in [-0.05, 0) is 62.2 Å². The van der Waals surface area contributed by atoms with Gasteiger partial charge in [0.05, 0.1) is 6.10 Å². The lowest BCUT2D eigenvalue weighted by Crippen LogP contribution is -2.43. The van der Waals surface area contributed by atoms with Crippen molar-refractivity contribution >= 4 is 28.0 Å². The van der Waals surface area contributed by atoms with E-state index in [1.807, 2.05) is 6.26 Å². The Labute approximate surface area is 172 Å². The zero-order valence-electron chi connectivity index (χ0n) is 17.4. The smallest absolute Gasteiger partial charge is 0.246 e. The molecule has 0 amide bonds. The van der Waals surface area contributed by atoms with Crippen LogP contribution in [0.4, 0.5) is 4.79 Å². The fourth-order valence-corrected chi connectivity index (χ4v) is 7.41. The van der Waals surface area contributed by atoms with Crippen molar-refractivity contribution in [1.29, 1.82) is 0 Å². The normalized spacial score (nSPS) is 43.8. The highest BCUT2D eigenvalue weighted by Gasteiger charge is 2.52. The molecule has 3 rings (SSSR count). The number of thioether (sulfide) groups is 2. The van der Waals surface area contributed by atoms with Crippen molar-refractivity contribution in [2.45, 2.75) is 77.3 Å². The van der Waals surface area contributed by atoms with E-state index in [1.54, 1.807) is 0 Å². The summed E-state index contributed by atoms with van der Waals surface area (Å²) >= 11 is 2.73. The van der Waals surface area contributed by atoms with Crippen LogP contribution in [0.25, 0.3) is 0 Å². The van der Waals surface area contributed by atoms with Crippen molar-refractivity contribution in [3.63, 3.8) is 0 Å². The Bertz CT molecular complexity index is 683. The Morgan fingerprint density at radius 1 is 1.26 bits per heavy atom. The fraction of sp³-hybridized carbons (Fsp3) is 0.773. The second kappa shape index (κ2) is 7.55. The lowest BCUT2D eigenvalue weighted by Gasteiger charge is -2.41. The summed E-state index contributed by atoms with van der Waals surface area (Å²) in [5, 5.41) is 22.2. The Balaban J connectivity index is 2.15. The maximum absolute atomic E-state index is 12.2. The number of hydrogen-bond donors (Lipinski definition) is 2. The molecule has 27 heavy (non-hydrogen) atoms. The molecular formula is C22H34O3S2. The quantitative estimate of drug-likeness (QED) is 0.595. The zero-order chi connectivity index (χ0) is 20.1. The van der Waals surface area contributed by atoms with Gasteiger partial charge in [-0.3, -0.25) is 4.79 Å².